The molecule has 4 heterocycles. The fourth-order valence-electron chi connectivity index (χ4n) is 5.06. The van der Waals surface area contributed by atoms with Crippen LogP contribution < -0.4 is 19.1 Å². The number of likely N-dealkylation sites (N-methyl/N-ethyl adjacent to an activating group) is 1. The molecule has 0 bridgehead atoms. The number of sulfonamides is 1. The number of hydrogen-bond donors (Lipinski definition) is 1. The summed E-state index contributed by atoms with van der Waals surface area (Å²) >= 11 is 0. The van der Waals surface area contributed by atoms with Gasteiger partial charge in [-0.1, -0.05) is 6.07 Å². The molecule has 4 aliphatic heterocycles. The molecule has 10 nitrogen and oxygen atoms in total. The predicted octanol–water partition coefficient (Wildman–Crippen LogP) is 1.16. The Morgan fingerprint density at radius 3 is 2.31 bits per heavy atom. The number of hydrogen-bond acceptors (Lipinski definition) is 8. The van der Waals surface area contributed by atoms with Crippen molar-refractivity contribution >= 4 is 21.6 Å². The summed E-state index contributed by atoms with van der Waals surface area (Å²) in [6.07, 6.45) is -1.30. The second-order valence-electron chi connectivity index (χ2n) is 9.38. The SMILES string of the molecule is CN1CCOc2ccc(C(O)C(=O)N3CC4=C(C3)CN(S(=O)(=O)c3ccc5c(c3)OCCO5)C4)cc21. The van der Waals surface area contributed by atoms with Crippen LogP contribution in [0.2, 0.25) is 0 Å². The van der Waals surface area contributed by atoms with Gasteiger partial charge in [0.05, 0.1) is 17.1 Å². The third kappa shape index (κ3) is 3.87. The number of amides is 1. The maximum atomic E-state index is 13.3. The maximum absolute atomic E-state index is 13.3. The molecule has 190 valence electrons. The van der Waals surface area contributed by atoms with Crippen molar-refractivity contribution in [3.8, 4) is 17.2 Å². The van der Waals surface area contributed by atoms with E-state index in [1.165, 1.54) is 16.4 Å². The van der Waals surface area contributed by atoms with Crippen LogP contribution in [0.4, 0.5) is 5.69 Å². The molecule has 2 aromatic carbocycles. The number of aliphatic hydroxyl groups is 1. The first-order valence-corrected chi connectivity index (χ1v) is 13.3. The molecule has 6 rings (SSSR count). The molecule has 0 saturated carbocycles. The first-order valence-electron chi connectivity index (χ1n) is 11.9. The van der Waals surface area contributed by atoms with E-state index >= 15 is 0 Å². The summed E-state index contributed by atoms with van der Waals surface area (Å²) in [6, 6.07) is 9.92. The van der Waals surface area contributed by atoms with Crippen LogP contribution >= 0.6 is 0 Å². The molecule has 1 unspecified atom stereocenters. The summed E-state index contributed by atoms with van der Waals surface area (Å²) in [5.41, 5.74) is 3.14. The average molecular weight is 514 g/mol. The molecular formula is C25H27N3O7S. The standard InChI is InChI=1S/C25H27N3O7S/c1-26-6-7-33-21-4-2-16(10-20(21)26)24(29)25(30)27-12-17-14-28(15-18(17)13-27)36(31,32)19-3-5-22-23(11-19)35-9-8-34-22/h2-5,10-11,24,29H,6-9,12-15H2,1H3. The van der Waals surface area contributed by atoms with Gasteiger partial charge in [-0.25, -0.2) is 8.42 Å². The van der Waals surface area contributed by atoms with Crippen molar-refractivity contribution < 1.29 is 32.5 Å². The number of benzene rings is 2. The number of ether oxygens (including phenoxy) is 3. The first kappa shape index (κ1) is 23.1. The monoisotopic (exact) mass is 513 g/mol. The highest BCUT2D eigenvalue weighted by molar-refractivity contribution is 7.89. The number of carbonyl (C=O) groups excluding carboxylic acids is 1. The average Bonchev–Trinajstić information content (AvgIpc) is 3.48. The molecular weight excluding hydrogens is 486 g/mol. The number of aliphatic hydroxyl groups excluding tert-OH is 1. The van der Waals surface area contributed by atoms with Crippen molar-refractivity contribution in [3.63, 3.8) is 0 Å². The Balaban J connectivity index is 1.12. The van der Waals surface area contributed by atoms with Crippen molar-refractivity contribution in [1.82, 2.24) is 9.21 Å². The molecule has 36 heavy (non-hydrogen) atoms. The van der Waals surface area contributed by atoms with Gasteiger partial charge in [-0.3, -0.25) is 4.79 Å². The van der Waals surface area contributed by atoms with E-state index in [0.29, 0.717) is 50.0 Å². The molecule has 4 aliphatic rings. The van der Waals surface area contributed by atoms with Gasteiger partial charge in [0.25, 0.3) is 5.91 Å². The molecule has 2 aromatic rings. The van der Waals surface area contributed by atoms with E-state index in [2.05, 4.69) is 0 Å². The van der Waals surface area contributed by atoms with Crippen molar-refractivity contribution in [2.45, 2.75) is 11.0 Å². The van der Waals surface area contributed by atoms with Crippen LogP contribution in [-0.4, -0.2) is 88.2 Å². The molecule has 0 fully saturated rings. The van der Waals surface area contributed by atoms with Crippen LogP contribution in [0.1, 0.15) is 11.7 Å². The van der Waals surface area contributed by atoms with Crippen LogP contribution in [0.3, 0.4) is 0 Å². The molecule has 0 radical (unpaired) electrons. The normalized spacial score (nSPS) is 20.2. The third-order valence-electron chi connectivity index (χ3n) is 7.09. The Labute approximate surface area is 209 Å². The van der Waals surface area contributed by atoms with Gasteiger partial charge in [0, 0.05) is 39.3 Å². The lowest BCUT2D eigenvalue weighted by Crippen LogP contribution is -2.38. The van der Waals surface area contributed by atoms with Crippen LogP contribution in [0, 0.1) is 0 Å². The number of fused-ring (bicyclic) bond motifs is 2. The minimum Gasteiger partial charge on any atom is -0.490 e. The highest BCUT2D eigenvalue weighted by Crippen LogP contribution is 2.37. The Hall–Kier alpha value is -3.28. The van der Waals surface area contributed by atoms with Crippen molar-refractivity contribution in [2.75, 3.05) is 64.5 Å². The number of rotatable bonds is 4. The molecule has 1 atom stereocenters. The Kier molecular flexibility index (Phi) is 5.58. The second kappa shape index (κ2) is 8.68. The lowest BCUT2D eigenvalue weighted by Gasteiger charge is -2.29. The van der Waals surface area contributed by atoms with Crippen LogP contribution in [0.25, 0.3) is 0 Å². The van der Waals surface area contributed by atoms with Gasteiger partial charge in [-0.2, -0.15) is 4.31 Å². The molecule has 0 aromatic heterocycles. The summed E-state index contributed by atoms with van der Waals surface area (Å²) in [7, 11) is -1.80. The summed E-state index contributed by atoms with van der Waals surface area (Å²) in [4.78, 5) is 16.9. The van der Waals surface area contributed by atoms with Gasteiger partial charge in [0.2, 0.25) is 10.0 Å². The second-order valence-corrected chi connectivity index (χ2v) is 11.3. The van der Waals surface area contributed by atoms with Crippen LogP contribution in [0.5, 0.6) is 17.2 Å². The first-order chi connectivity index (χ1) is 17.3. The zero-order chi connectivity index (χ0) is 25.0. The Morgan fingerprint density at radius 1 is 0.889 bits per heavy atom. The molecule has 0 spiro atoms. The summed E-state index contributed by atoms with van der Waals surface area (Å²) in [5, 5.41) is 10.8. The third-order valence-corrected chi connectivity index (χ3v) is 8.88. The van der Waals surface area contributed by atoms with Crippen LogP contribution in [0.15, 0.2) is 52.4 Å². The van der Waals surface area contributed by atoms with E-state index in [9.17, 15) is 18.3 Å². The van der Waals surface area contributed by atoms with E-state index in [4.69, 9.17) is 14.2 Å². The fraction of sp³-hybridized carbons (Fsp3) is 0.400. The summed E-state index contributed by atoms with van der Waals surface area (Å²) < 4.78 is 44.6. The summed E-state index contributed by atoms with van der Waals surface area (Å²) in [5.74, 6) is 1.29. The smallest absolute Gasteiger partial charge is 0.256 e. The van der Waals surface area contributed by atoms with Crippen molar-refractivity contribution in [2.24, 2.45) is 0 Å². The highest BCUT2D eigenvalue weighted by atomic mass is 32.2. The van der Waals surface area contributed by atoms with Gasteiger partial charge in [-0.05, 0) is 41.0 Å². The van der Waals surface area contributed by atoms with Gasteiger partial charge in [-0.15, -0.1) is 0 Å². The van der Waals surface area contributed by atoms with E-state index < -0.39 is 22.0 Å². The van der Waals surface area contributed by atoms with E-state index in [-0.39, 0.29) is 18.0 Å². The van der Waals surface area contributed by atoms with Gasteiger partial charge >= 0.3 is 0 Å². The quantitative estimate of drug-likeness (QED) is 0.607. The topological polar surface area (TPSA) is 109 Å². The van der Waals surface area contributed by atoms with Crippen LogP contribution in [-0.2, 0) is 14.8 Å². The van der Waals surface area contributed by atoms with Gasteiger partial charge in [0.15, 0.2) is 17.6 Å². The number of anilines is 1. The van der Waals surface area contributed by atoms with Crippen molar-refractivity contribution in [3.05, 3.63) is 53.1 Å². The molecule has 1 amide bonds. The van der Waals surface area contributed by atoms with E-state index in [0.717, 1.165) is 29.1 Å². The largest absolute Gasteiger partial charge is 0.490 e. The Morgan fingerprint density at radius 2 is 1.56 bits per heavy atom. The summed E-state index contributed by atoms with van der Waals surface area (Å²) in [6.45, 7) is 3.16. The van der Waals surface area contributed by atoms with Crippen molar-refractivity contribution in [1.29, 1.82) is 0 Å². The lowest BCUT2D eigenvalue weighted by molar-refractivity contribution is -0.139. The van der Waals surface area contributed by atoms with E-state index in [1.54, 1.807) is 29.2 Å². The Bertz CT molecular complexity index is 1360. The van der Waals surface area contributed by atoms with Gasteiger partial charge < -0.3 is 29.1 Å². The minimum absolute atomic E-state index is 0.151. The molecule has 0 aliphatic carbocycles. The predicted molar refractivity (Wildman–Crippen MR) is 130 cm³/mol. The molecule has 11 heteroatoms. The van der Waals surface area contributed by atoms with Gasteiger partial charge in [0.1, 0.15) is 25.6 Å². The zero-order valence-electron chi connectivity index (χ0n) is 19.8. The molecule has 1 N–H and O–H groups in total. The van der Waals surface area contributed by atoms with E-state index in [1.807, 2.05) is 11.9 Å². The lowest BCUT2D eigenvalue weighted by atomic mass is 10.1. The molecule has 0 saturated heterocycles. The zero-order valence-corrected chi connectivity index (χ0v) is 20.7. The maximum Gasteiger partial charge on any atom is 0.256 e. The number of nitrogens with zero attached hydrogens (tertiary/aromatic N) is 3. The minimum atomic E-state index is -3.74. The number of carbonyl (C=O) groups is 1. The fourth-order valence-corrected chi connectivity index (χ4v) is 6.50. The highest BCUT2D eigenvalue weighted by Gasteiger charge is 2.39.